The van der Waals surface area contributed by atoms with Crippen LogP contribution >= 0.6 is 23.2 Å². The van der Waals surface area contributed by atoms with Gasteiger partial charge in [0.25, 0.3) is 0 Å². The Hall–Kier alpha value is -5.73. The molecule has 0 saturated carbocycles. The number of aromatic nitrogens is 4. The lowest BCUT2D eigenvalue weighted by Gasteiger charge is -2.60. The molecule has 61 heavy (non-hydrogen) atoms. The van der Waals surface area contributed by atoms with Gasteiger partial charge < -0.3 is 34.1 Å². The highest BCUT2D eigenvalue weighted by molar-refractivity contribution is 6.35. The van der Waals surface area contributed by atoms with Crippen molar-refractivity contribution in [3.63, 3.8) is 0 Å². The number of H-pyrrole nitrogens is 1. The first kappa shape index (κ1) is 40.7. The Balaban J connectivity index is 0.642. The number of nitrogens with zero attached hydrogens (tertiary/aromatic N) is 5. The van der Waals surface area contributed by atoms with Crippen LogP contribution in [0, 0.1) is 5.41 Å². The van der Waals surface area contributed by atoms with E-state index in [1.54, 1.807) is 12.4 Å². The Morgan fingerprint density at radius 2 is 1.57 bits per heavy atom. The van der Waals surface area contributed by atoms with Gasteiger partial charge in [-0.05, 0) is 59.5 Å². The highest BCUT2D eigenvalue weighted by Crippen LogP contribution is 2.45. The molecule has 6 aromatic rings. The van der Waals surface area contributed by atoms with Gasteiger partial charge >= 0.3 is 6.09 Å². The summed E-state index contributed by atoms with van der Waals surface area (Å²) < 4.78 is 23.0. The van der Waals surface area contributed by atoms with Crippen molar-refractivity contribution in [1.29, 1.82) is 0 Å². The van der Waals surface area contributed by atoms with Crippen molar-refractivity contribution in [3.8, 4) is 28.1 Å². The second-order valence-corrected chi connectivity index (χ2v) is 16.6. The number of benzene rings is 3. The molecule has 1 atom stereocenters. The van der Waals surface area contributed by atoms with E-state index in [0.29, 0.717) is 60.8 Å². The van der Waals surface area contributed by atoms with E-state index in [1.807, 2.05) is 72.6 Å². The second-order valence-electron chi connectivity index (χ2n) is 15.8. The summed E-state index contributed by atoms with van der Waals surface area (Å²) in [4.78, 5) is 38.1. The van der Waals surface area contributed by atoms with Gasteiger partial charge in [-0.2, -0.15) is 5.10 Å². The molecule has 2 amide bonds. The van der Waals surface area contributed by atoms with Gasteiger partial charge in [0, 0.05) is 79.2 Å². The summed E-state index contributed by atoms with van der Waals surface area (Å²) in [6.45, 7) is 7.06. The fourth-order valence-corrected chi connectivity index (χ4v) is 9.32. The normalized spacial score (nSPS) is 15.5. The van der Waals surface area contributed by atoms with Crippen LogP contribution in [-0.2, 0) is 19.0 Å². The van der Waals surface area contributed by atoms with Crippen molar-refractivity contribution >= 4 is 51.9 Å². The number of hydrogen-bond acceptors (Lipinski definition) is 10. The van der Waals surface area contributed by atoms with Gasteiger partial charge in [0.2, 0.25) is 5.91 Å². The van der Waals surface area contributed by atoms with E-state index in [1.165, 1.54) is 22.3 Å². The first-order chi connectivity index (χ1) is 29.7. The van der Waals surface area contributed by atoms with E-state index in [9.17, 15) is 9.59 Å². The van der Waals surface area contributed by atoms with Gasteiger partial charge in [0.05, 0.1) is 48.4 Å². The van der Waals surface area contributed by atoms with Gasteiger partial charge in [-0.15, -0.1) is 0 Å². The number of aromatic amines is 1. The lowest BCUT2D eigenvalue weighted by atomic mass is 9.72. The summed E-state index contributed by atoms with van der Waals surface area (Å²) in [6, 6.07) is 26.3. The largest absolute Gasteiger partial charge is 0.486 e. The number of carbonyl (C=O) groups is 2. The maximum atomic E-state index is 12.8. The van der Waals surface area contributed by atoms with Crippen LogP contribution in [0.2, 0.25) is 10.0 Å². The van der Waals surface area contributed by atoms with E-state index >= 15 is 0 Å². The van der Waals surface area contributed by atoms with Gasteiger partial charge in [-0.1, -0.05) is 71.7 Å². The standard InChI is InChI=1S/C46H45Cl2N7O6/c1-29(43-38(47)22-49-23-39(43)48)61-31-11-12-40-36(20-31)44(53-52-40)30-10-13-41(51-21-30)54-25-46(26-54)27-55(28-46)42(56)14-16-58-18-19-59-17-15-50-45(57)60-24-37-34-8-4-2-6-32(34)33-7-3-5-9-35(33)37/h2-13,20-23,29,37H,14-19,24-28H2,1H3,(H,50,57)(H,52,53)/t29-/m1/s1. The lowest BCUT2D eigenvalue weighted by Crippen LogP contribution is -2.73. The molecule has 2 aliphatic heterocycles. The van der Waals surface area contributed by atoms with Gasteiger partial charge in [0.15, 0.2) is 0 Å². The number of alkyl carbamates (subject to hydrolysis) is 1. The predicted octanol–water partition coefficient (Wildman–Crippen LogP) is 8.08. The third-order valence-corrected chi connectivity index (χ3v) is 12.2. The SMILES string of the molecule is C[C@@H](Oc1ccc2[nH]nc(-c3ccc(N4CC5(CN(C(=O)CCOCCOCCNC(=O)OCC6c7ccccc7-c7ccccc76)C5)C4)nc3)c2c1)c1c(Cl)cncc1Cl. The van der Waals surface area contributed by atoms with E-state index in [-0.39, 0.29) is 23.8 Å². The molecule has 1 spiro atoms. The van der Waals surface area contributed by atoms with Crippen molar-refractivity contribution in [2.75, 3.05) is 70.7 Å². The Bertz CT molecular complexity index is 2470. The fraction of sp³-hybridized carbons (Fsp3) is 0.326. The smallest absolute Gasteiger partial charge is 0.407 e. The van der Waals surface area contributed by atoms with Crippen molar-refractivity contribution in [2.24, 2.45) is 5.41 Å². The zero-order chi connectivity index (χ0) is 41.9. The molecular weight excluding hydrogens is 817 g/mol. The van der Waals surface area contributed by atoms with Gasteiger partial charge in [-0.3, -0.25) is 14.9 Å². The third-order valence-electron chi connectivity index (χ3n) is 11.6. The molecule has 2 fully saturated rings. The Morgan fingerprint density at radius 3 is 2.28 bits per heavy atom. The van der Waals surface area contributed by atoms with Crippen LogP contribution < -0.4 is 15.0 Å². The number of hydrogen-bond donors (Lipinski definition) is 2. The lowest BCUT2D eigenvalue weighted by molar-refractivity contribution is -0.146. The first-order valence-electron chi connectivity index (χ1n) is 20.4. The summed E-state index contributed by atoms with van der Waals surface area (Å²) in [5.74, 6) is 1.66. The van der Waals surface area contributed by atoms with Crippen molar-refractivity contribution in [2.45, 2.75) is 25.4 Å². The molecule has 13 nitrogen and oxygen atoms in total. The van der Waals surface area contributed by atoms with Crippen LogP contribution in [0.1, 0.15) is 42.1 Å². The summed E-state index contributed by atoms with van der Waals surface area (Å²) in [6.07, 6.45) is 4.42. The molecule has 15 heteroatoms. The second kappa shape index (κ2) is 17.7. The number of ether oxygens (including phenoxy) is 4. The molecule has 0 bridgehead atoms. The summed E-state index contributed by atoms with van der Waals surface area (Å²) in [7, 11) is 0. The number of likely N-dealkylation sites (tertiary alicyclic amines) is 1. The molecule has 3 aromatic heterocycles. The third kappa shape index (κ3) is 8.60. The molecule has 5 heterocycles. The number of pyridine rings is 2. The van der Waals surface area contributed by atoms with Crippen LogP contribution in [0.5, 0.6) is 5.75 Å². The van der Waals surface area contributed by atoms with Crippen molar-refractivity contribution in [3.05, 3.63) is 124 Å². The maximum Gasteiger partial charge on any atom is 0.407 e. The number of rotatable bonds is 16. The number of amides is 2. The highest BCUT2D eigenvalue weighted by atomic mass is 35.5. The van der Waals surface area contributed by atoms with E-state index < -0.39 is 12.2 Å². The van der Waals surface area contributed by atoms with Crippen LogP contribution in [0.25, 0.3) is 33.3 Å². The summed E-state index contributed by atoms with van der Waals surface area (Å²) >= 11 is 12.7. The van der Waals surface area contributed by atoms with Gasteiger partial charge in [-0.25, -0.2) is 9.78 Å². The minimum Gasteiger partial charge on any atom is -0.486 e. The molecule has 314 valence electrons. The monoisotopic (exact) mass is 861 g/mol. The van der Waals surface area contributed by atoms with Crippen LogP contribution in [0.4, 0.5) is 10.6 Å². The zero-order valence-corrected chi connectivity index (χ0v) is 35.1. The van der Waals surface area contributed by atoms with Crippen molar-refractivity contribution in [1.82, 2.24) is 30.4 Å². The zero-order valence-electron chi connectivity index (χ0n) is 33.6. The number of halogens is 2. The van der Waals surface area contributed by atoms with Crippen LogP contribution in [0.3, 0.4) is 0 Å². The number of carbonyl (C=O) groups excluding carboxylic acids is 2. The maximum absolute atomic E-state index is 12.8. The molecule has 3 aliphatic rings. The predicted molar refractivity (Wildman–Crippen MR) is 233 cm³/mol. The van der Waals surface area contributed by atoms with E-state index in [0.717, 1.165) is 54.2 Å². The van der Waals surface area contributed by atoms with Crippen molar-refractivity contribution < 1.29 is 28.5 Å². The molecule has 0 radical (unpaired) electrons. The summed E-state index contributed by atoms with van der Waals surface area (Å²) in [5.41, 5.74) is 8.05. The quantitative estimate of drug-likeness (QED) is 0.0917. The Labute approximate surface area is 363 Å². The topological polar surface area (TPSA) is 144 Å². The average Bonchev–Trinajstić information content (AvgIpc) is 3.80. The average molecular weight is 863 g/mol. The van der Waals surface area contributed by atoms with Crippen LogP contribution in [-0.4, -0.2) is 103 Å². The van der Waals surface area contributed by atoms with E-state index in [2.05, 4.69) is 49.7 Å². The molecule has 1 aliphatic carbocycles. The van der Waals surface area contributed by atoms with Crippen LogP contribution in [0.15, 0.2) is 97.5 Å². The first-order valence-corrected chi connectivity index (χ1v) is 21.2. The fourth-order valence-electron chi connectivity index (χ4n) is 8.65. The molecule has 2 saturated heterocycles. The molecule has 3 aromatic carbocycles. The number of nitrogens with one attached hydrogen (secondary N) is 2. The molecular formula is C46H45Cl2N7O6. The van der Waals surface area contributed by atoms with Gasteiger partial charge in [0.1, 0.15) is 30.0 Å². The number of anilines is 1. The summed E-state index contributed by atoms with van der Waals surface area (Å²) in [5, 5.41) is 12.2. The molecule has 9 rings (SSSR count). The minimum atomic E-state index is -0.471. The van der Waals surface area contributed by atoms with E-state index in [4.69, 9.17) is 47.1 Å². The minimum absolute atomic E-state index is 0.0169. The molecule has 2 N–H and O–H groups in total. The highest BCUT2D eigenvalue weighted by Gasteiger charge is 2.53. The Morgan fingerprint density at radius 1 is 0.869 bits per heavy atom. The molecule has 0 unspecified atom stereocenters. The Kier molecular flexibility index (Phi) is 11.8. The number of fused-ring (bicyclic) bond motifs is 4.